The first-order chi connectivity index (χ1) is 33.6. The summed E-state index contributed by atoms with van der Waals surface area (Å²) in [4.78, 5) is 25.0. The second-order valence-corrected chi connectivity index (χ2v) is 16.9. The molecule has 1 atom stereocenters. The number of hydrogen-bond acceptors (Lipinski definition) is 5. The van der Waals surface area contributed by atoms with Crippen LogP contribution in [0.15, 0.2) is 259 Å². The van der Waals surface area contributed by atoms with Gasteiger partial charge in [0, 0.05) is 49.9 Å². The van der Waals surface area contributed by atoms with E-state index in [4.69, 9.17) is 24.9 Å². The Labute approximate surface area is 394 Å². The fourth-order valence-corrected chi connectivity index (χ4v) is 9.22. The van der Waals surface area contributed by atoms with E-state index in [1.807, 2.05) is 97.1 Å². The first-order valence-corrected chi connectivity index (χ1v) is 22.8. The lowest BCUT2D eigenvalue weighted by molar-refractivity contribution is 0.874. The molecule has 0 fully saturated rings. The van der Waals surface area contributed by atoms with Crippen LogP contribution in [-0.4, -0.2) is 31.1 Å². The number of nitrogens with zero attached hydrogens (tertiary/aromatic N) is 6. The van der Waals surface area contributed by atoms with Gasteiger partial charge >= 0.3 is 0 Å². The molecule has 0 spiro atoms. The molecular formula is C62H42N6. The Kier molecular flexibility index (Phi) is 10.3. The highest BCUT2D eigenvalue weighted by Crippen LogP contribution is 2.39. The number of fused-ring (bicyclic) bond motifs is 3. The van der Waals surface area contributed by atoms with Crippen molar-refractivity contribution >= 4 is 33.4 Å². The molecule has 320 valence electrons. The minimum atomic E-state index is -0.274. The number of hydrogen-bond donors (Lipinski definition) is 0. The van der Waals surface area contributed by atoms with Crippen LogP contribution in [0.3, 0.4) is 0 Å². The molecule has 1 unspecified atom stereocenters. The summed E-state index contributed by atoms with van der Waals surface area (Å²) in [6, 6.07) is 81.9. The van der Waals surface area contributed by atoms with Gasteiger partial charge < -0.3 is 4.57 Å². The SMILES string of the molecule is C=C1C(c2ccccc2)=NC(c2ccccc2)=NC1c1ccc(-c2ccc3c4ccc(-c5ccc(-c6nc(-c7ccccc7)nc(-c7ccccc7)n6)cc5)cc4n(-c4ccccc4)c3c2)cc1. The van der Waals surface area contributed by atoms with Crippen molar-refractivity contribution in [3.63, 3.8) is 0 Å². The molecule has 1 aliphatic heterocycles. The minimum Gasteiger partial charge on any atom is -0.309 e. The Balaban J connectivity index is 0.894. The zero-order chi connectivity index (χ0) is 45.4. The summed E-state index contributed by atoms with van der Waals surface area (Å²) in [5.41, 5.74) is 15.5. The molecule has 11 aromatic rings. The quantitative estimate of drug-likeness (QED) is 0.145. The minimum absolute atomic E-state index is 0.274. The van der Waals surface area contributed by atoms with Crippen molar-refractivity contribution in [1.29, 1.82) is 0 Å². The summed E-state index contributed by atoms with van der Waals surface area (Å²) in [7, 11) is 0. The van der Waals surface area contributed by atoms with Crippen LogP contribution in [0.5, 0.6) is 0 Å². The van der Waals surface area contributed by atoms with Crippen molar-refractivity contribution in [2.45, 2.75) is 6.04 Å². The van der Waals surface area contributed by atoms with Gasteiger partial charge in [-0.3, -0.25) is 4.99 Å². The molecule has 0 radical (unpaired) electrons. The lowest BCUT2D eigenvalue weighted by Crippen LogP contribution is -2.20. The third-order valence-electron chi connectivity index (χ3n) is 12.7. The molecular weight excluding hydrogens is 829 g/mol. The van der Waals surface area contributed by atoms with E-state index >= 15 is 0 Å². The van der Waals surface area contributed by atoms with Crippen molar-refractivity contribution in [3.05, 3.63) is 265 Å². The summed E-state index contributed by atoms with van der Waals surface area (Å²) in [5.74, 6) is 2.62. The number of aliphatic imine (C=N–C) groups is 2. The van der Waals surface area contributed by atoms with Crippen LogP contribution in [0.1, 0.15) is 22.7 Å². The molecule has 0 saturated heterocycles. The predicted molar refractivity (Wildman–Crippen MR) is 279 cm³/mol. The van der Waals surface area contributed by atoms with E-state index < -0.39 is 0 Å². The van der Waals surface area contributed by atoms with E-state index in [9.17, 15) is 0 Å². The zero-order valence-electron chi connectivity index (χ0n) is 37.0. The standard InChI is InChI=1S/C62H42N6/c1-41-57(44-17-7-2-8-18-44)63-59(46-19-9-3-10-20-46)64-58(41)45-31-27-42(28-32-45)50-35-37-53-54-38-36-51(40-56(54)68(55(53)39-50)52-25-15-6-16-26-52)43-29-33-49(34-30-43)62-66-60(47-21-11-4-12-22-47)65-61(67-62)48-23-13-5-14-24-48/h2-40,58H,1H2. The van der Waals surface area contributed by atoms with Crippen molar-refractivity contribution in [2.75, 3.05) is 0 Å². The summed E-state index contributed by atoms with van der Waals surface area (Å²) in [6.07, 6.45) is 0. The molecule has 6 heteroatoms. The van der Waals surface area contributed by atoms with Crippen molar-refractivity contribution in [3.8, 4) is 62.1 Å². The van der Waals surface area contributed by atoms with E-state index in [1.54, 1.807) is 0 Å². The van der Waals surface area contributed by atoms with Gasteiger partial charge in [-0.25, -0.2) is 19.9 Å². The lowest BCUT2D eigenvalue weighted by atomic mass is 9.90. The van der Waals surface area contributed by atoms with Crippen LogP contribution in [0, 0.1) is 0 Å². The highest BCUT2D eigenvalue weighted by Gasteiger charge is 2.26. The number of rotatable bonds is 9. The van der Waals surface area contributed by atoms with Gasteiger partial charge in [-0.2, -0.15) is 0 Å². The maximum atomic E-state index is 5.18. The van der Waals surface area contributed by atoms with Crippen molar-refractivity contribution in [2.24, 2.45) is 9.98 Å². The van der Waals surface area contributed by atoms with Crippen LogP contribution in [-0.2, 0) is 0 Å². The highest BCUT2D eigenvalue weighted by atomic mass is 15.0. The molecule has 0 saturated carbocycles. The molecule has 0 amide bonds. The van der Waals surface area contributed by atoms with Crippen LogP contribution < -0.4 is 0 Å². The summed E-state index contributed by atoms with van der Waals surface area (Å²) < 4.78 is 2.39. The molecule has 0 bridgehead atoms. The van der Waals surface area contributed by atoms with Gasteiger partial charge in [0.15, 0.2) is 23.3 Å². The maximum Gasteiger partial charge on any atom is 0.164 e. The van der Waals surface area contributed by atoms with E-state index in [-0.39, 0.29) is 6.04 Å². The van der Waals surface area contributed by atoms with Gasteiger partial charge in [0.2, 0.25) is 0 Å². The fourth-order valence-electron chi connectivity index (χ4n) is 9.22. The largest absolute Gasteiger partial charge is 0.309 e. The number of benzene rings is 9. The molecule has 12 rings (SSSR count). The lowest BCUT2D eigenvalue weighted by Gasteiger charge is -2.24. The van der Waals surface area contributed by atoms with Gasteiger partial charge in [-0.1, -0.05) is 219 Å². The average molecular weight is 871 g/mol. The Bertz CT molecular complexity index is 3640. The van der Waals surface area contributed by atoms with E-state index in [2.05, 4.69) is 151 Å². The van der Waals surface area contributed by atoms with Gasteiger partial charge in [0.05, 0.1) is 16.7 Å². The molecule has 2 aromatic heterocycles. The summed E-state index contributed by atoms with van der Waals surface area (Å²) >= 11 is 0. The van der Waals surface area contributed by atoms with Gasteiger partial charge in [0.25, 0.3) is 0 Å². The monoisotopic (exact) mass is 870 g/mol. The zero-order valence-corrected chi connectivity index (χ0v) is 37.0. The van der Waals surface area contributed by atoms with Crippen LogP contribution in [0.4, 0.5) is 0 Å². The Hall–Kier alpha value is -9.13. The third kappa shape index (κ3) is 7.60. The Morgan fingerprint density at radius 1 is 0.353 bits per heavy atom. The normalized spacial score (nSPS) is 13.6. The first kappa shape index (κ1) is 40.4. The maximum absolute atomic E-state index is 5.18. The van der Waals surface area contributed by atoms with Gasteiger partial charge in [0.1, 0.15) is 6.04 Å². The second-order valence-electron chi connectivity index (χ2n) is 16.9. The fraction of sp³-hybridized carbons (Fsp3) is 0.0161. The van der Waals surface area contributed by atoms with Gasteiger partial charge in [-0.05, 0) is 52.1 Å². The Morgan fingerprint density at radius 3 is 1.22 bits per heavy atom. The van der Waals surface area contributed by atoms with Gasteiger partial charge in [-0.15, -0.1) is 0 Å². The number of amidine groups is 1. The van der Waals surface area contributed by atoms with Crippen LogP contribution in [0.25, 0.3) is 83.9 Å². The highest BCUT2D eigenvalue weighted by molar-refractivity contribution is 6.21. The molecule has 0 N–H and O–H groups in total. The third-order valence-corrected chi connectivity index (χ3v) is 12.7. The summed E-state index contributed by atoms with van der Waals surface area (Å²) in [6.45, 7) is 4.55. The second kappa shape index (κ2) is 17.3. The van der Waals surface area contributed by atoms with Crippen LogP contribution >= 0.6 is 0 Å². The topological polar surface area (TPSA) is 68.3 Å². The van der Waals surface area contributed by atoms with E-state index in [1.165, 1.54) is 10.8 Å². The number of para-hydroxylation sites is 1. The molecule has 0 aliphatic carbocycles. The molecule has 9 aromatic carbocycles. The number of aromatic nitrogens is 4. The Morgan fingerprint density at radius 2 is 0.735 bits per heavy atom. The molecule has 6 nitrogen and oxygen atoms in total. The smallest absolute Gasteiger partial charge is 0.164 e. The summed E-state index contributed by atoms with van der Waals surface area (Å²) in [5, 5.41) is 2.38. The molecule has 68 heavy (non-hydrogen) atoms. The van der Waals surface area contributed by atoms with Crippen LogP contribution in [0.2, 0.25) is 0 Å². The molecule has 1 aliphatic rings. The van der Waals surface area contributed by atoms with Crippen molar-refractivity contribution in [1.82, 2.24) is 19.5 Å². The van der Waals surface area contributed by atoms with Crippen molar-refractivity contribution < 1.29 is 0 Å². The van der Waals surface area contributed by atoms with E-state index in [0.717, 1.165) is 83.6 Å². The van der Waals surface area contributed by atoms with E-state index in [0.29, 0.717) is 23.3 Å². The predicted octanol–water partition coefficient (Wildman–Crippen LogP) is 14.9. The first-order valence-electron chi connectivity index (χ1n) is 22.8. The molecule has 3 heterocycles. The average Bonchev–Trinajstić information content (AvgIpc) is 3.75.